The van der Waals surface area contributed by atoms with Gasteiger partial charge in [0.25, 0.3) is 0 Å². The van der Waals surface area contributed by atoms with Gasteiger partial charge in [0, 0.05) is 98.1 Å². The van der Waals surface area contributed by atoms with E-state index < -0.39 is 0 Å². The van der Waals surface area contributed by atoms with E-state index in [1.165, 1.54) is 137 Å². The molecule has 15 unspecified atom stereocenters. The molecule has 5 aromatic rings. The Balaban J connectivity index is 0.000000105. The van der Waals surface area contributed by atoms with E-state index in [4.69, 9.17) is 26.3 Å². The Hall–Kier alpha value is -1.89. The fourth-order valence-electron chi connectivity index (χ4n) is 29.7. The molecule has 0 nitrogen and oxygen atoms in total. The molecule has 28 aliphatic rings. The first-order valence-corrected chi connectivity index (χ1v) is 41.4. The molecule has 19 fully saturated rings. The molecular formula is C97H118Y3-6. The summed E-state index contributed by atoms with van der Waals surface area (Å²) in [7, 11) is 0. The summed E-state index contributed by atoms with van der Waals surface area (Å²) in [5.74, 6) is 22.6. The van der Waals surface area contributed by atoms with Gasteiger partial charge in [-0.2, -0.15) is 0 Å². The van der Waals surface area contributed by atoms with Gasteiger partial charge in [-0.3, -0.25) is 0 Å². The van der Waals surface area contributed by atoms with Crippen LogP contribution < -0.4 is 0 Å². The molecule has 28 aliphatic carbocycles. The van der Waals surface area contributed by atoms with Gasteiger partial charge >= 0.3 is 0 Å². The molecule has 0 heterocycles. The van der Waals surface area contributed by atoms with Crippen molar-refractivity contribution < 1.29 is 98.1 Å². The second-order valence-corrected chi connectivity index (χ2v) is 32.9. The topological polar surface area (TPSA) is 0 Å². The number of benzene rings is 5. The minimum Gasteiger partial charge on any atom is -0.394 e. The first kappa shape index (κ1) is 76.3. The van der Waals surface area contributed by atoms with Gasteiger partial charge in [0.2, 0.25) is 0 Å². The van der Waals surface area contributed by atoms with E-state index in [0.717, 1.165) is 147 Å². The van der Waals surface area contributed by atoms with Crippen LogP contribution in [0.1, 0.15) is 256 Å². The number of fused-ring (bicyclic) bond motifs is 5. The molecule has 100 heavy (non-hydrogen) atoms. The van der Waals surface area contributed by atoms with Gasteiger partial charge in [-0.05, 0) is 254 Å². The van der Waals surface area contributed by atoms with Gasteiger partial charge in [-0.1, -0.05) is 231 Å². The Bertz CT molecular complexity index is 3810. The maximum atomic E-state index is 6.09. The Kier molecular flexibility index (Phi) is 22.6. The van der Waals surface area contributed by atoms with Crippen molar-refractivity contribution in [3.05, 3.63) is 203 Å². The molecule has 0 aliphatic heterocycles. The van der Waals surface area contributed by atoms with Gasteiger partial charge < -0.3 is 72.9 Å². The van der Waals surface area contributed by atoms with Crippen molar-refractivity contribution in [1.29, 1.82) is 0 Å². The second-order valence-electron chi connectivity index (χ2n) is 32.9. The van der Waals surface area contributed by atoms with Gasteiger partial charge in [0.1, 0.15) is 0 Å². The van der Waals surface area contributed by atoms with Crippen molar-refractivity contribution in [3.63, 3.8) is 0 Å². The van der Waals surface area contributed by atoms with Gasteiger partial charge in [0.05, 0.1) is 0 Å². The molecule has 3 heteroatoms. The second kappa shape index (κ2) is 29.6. The predicted molar refractivity (Wildman–Crippen MR) is 407 cm³/mol. The standard InChI is InChI=1S/C19H18.C18H14.2C13H14.C12H12.C10H10.6C2H6.3Y/c1-3-11-4-2-6-15-17-10-13-8-7-12-9-16(19(12,13)17)14(5-1)18(11)15;1-3-9-4-2-6-11-14(9)10(5-1)17-15-12-7-8-13(15)16(12)18(11)17;1-7-8(2)12-6-10-4-3-9-5-11(7)13(9,10)12;1-2-8-5-11-6-9-3-4-10-7-12(8)13(9,10)11;1-2-4-8-7(3-1)11-9-5-6-10(11)12(8)9;1-2-6-5-9-7-3-4-8(9)10(6)7;6*1-2;;;/h1-6,12-13,16-17H,7-10H2;1-6,12-13,15-16H,7-8H2;1-2,9-12H,3-6H2;1-2,9-12H,3-4,6-7H2;1-4,9-12H,5-6H2;1-2,7-10H,3-4H2;6*1-2H3;;;/q;;2*-2;;-2;;;;;;;;;. The average Bonchev–Trinajstić information content (AvgIpc) is 1.23. The summed E-state index contributed by atoms with van der Waals surface area (Å²) in [6.45, 7) is 47.3. The summed E-state index contributed by atoms with van der Waals surface area (Å²) in [4.78, 5) is 0. The summed E-state index contributed by atoms with van der Waals surface area (Å²) in [5.41, 5.74) is 20.4. The predicted octanol–water partition coefficient (Wildman–Crippen LogP) is 25.8. The Morgan fingerprint density at radius 2 is 0.680 bits per heavy atom. The largest absolute Gasteiger partial charge is 0.394 e. The van der Waals surface area contributed by atoms with Crippen LogP contribution in [0.25, 0.3) is 32.7 Å². The normalized spacial score (nSPS) is 42.2. The van der Waals surface area contributed by atoms with Crippen molar-refractivity contribution in [1.82, 2.24) is 0 Å². The SMILES string of the molecule is CC.CC.CC.CC.CC.CC.[CH-]=C1C(=[CH-])C2CC3CCC4CC1C432.[CH-]=CC1=[C-]C2C3CCC2C13.[CH-]=CC1=[C-]C2CC3CCC4CC1C234.[Y].[Y].[Y].c1cc2c3c(cccc3c1)C1=C2C2C3CCC2C13.c1cc2c3c(cccc3c1)C1CC3CCC4CC2C431.c1ccc2c(c1)C1C3CCC1C23. The number of hydrogen-bond donors (Lipinski definition) is 0. The van der Waals surface area contributed by atoms with Crippen LogP contribution in [0.3, 0.4) is 0 Å². The zero-order chi connectivity index (χ0) is 67.5. The van der Waals surface area contributed by atoms with Gasteiger partial charge in [-0.25, -0.2) is 0 Å². The van der Waals surface area contributed by atoms with E-state index in [2.05, 4.69) is 109 Å². The first-order valence-electron chi connectivity index (χ1n) is 41.4. The average molecular weight is 1550 g/mol. The molecule has 0 aromatic heterocycles. The van der Waals surface area contributed by atoms with Crippen LogP contribution in [-0.2, 0) is 98.1 Å². The molecule has 19 saturated carbocycles. The third kappa shape index (κ3) is 9.72. The molecule has 15 atom stereocenters. The molecule has 3 spiro atoms. The van der Waals surface area contributed by atoms with E-state index >= 15 is 0 Å². The molecule has 0 saturated heterocycles. The number of allylic oxidation sites excluding steroid dienone is 10. The van der Waals surface area contributed by atoms with Crippen LogP contribution in [0.2, 0.25) is 0 Å². The van der Waals surface area contributed by atoms with E-state index in [0.29, 0.717) is 22.7 Å². The molecular weight excluding hydrogens is 1430 g/mol. The fraction of sp³-hybridized carbons (Fsp3) is 0.588. The molecule has 0 amide bonds. The molecule has 5 aromatic carbocycles. The molecule has 0 N–H and O–H groups in total. The molecule has 3 radical (unpaired) electrons. The third-order valence-electron chi connectivity index (χ3n) is 32.3. The van der Waals surface area contributed by atoms with Gasteiger partial charge in [-0.15, -0.1) is 35.5 Å². The summed E-state index contributed by atoms with van der Waals surface area (Å²) in [5, 5.41) is 6.11. The van der Waals surface area contributed by atoms with Crippen LogP contribution in [0.4, 0.5) is 0 Å². The zero-order valence-electron chi connectivity index (χ0n) is 63.5. The van der Waals surface area contributed by atoms with Gasteiger partial charge in [0.15, 0.2) is 0 Å². The zero-order valence-corrected chi connectivity index (χ0v) is 72.0. The van der Waals surface area contributed by atoms with Crippen molar-refractivity contribution in [2.45, 2.75) is 222 Å². The minimum absolute atomic E-state index is 0. The molecule has 521 valence electrons. The summed E-state index contributed by atoms with van der Waals surface area (Å²) in [6, 6.07) is 37.0. The number of rotatable bonds is 2. The Morgan fingerprint density at radius 3 is 1.09 bits per heavy atom. The Labute approximate surface area is 683 Å². The van der Waals surface area contributed by atoms with Crippen molar-refractivity contribution >= 4 is 32.7 Å². The van der Waals surface area contributed by atoms with Crippen molar-refractivity contribution in [3.8, 4) is 0 Å². The van der Waals surface area contributed by atoms with Crippen LogP contribution >= 0.6 is 0 Å². The van der Waals surface area contributed by atoms with Crippen LogP contribution in [0.15, 0.2) is 132 Å². The van der Waals surface area contributed by atoms with Crippen LogP contribution in [0.5, 0.6) is 0 Å². The molecule has 33 rings (SSSR count). The maximum Gasteiger partial charge on any atom is 0 e. The maximum absolute atomic E-state index is 6.09. The van der Waals surface area contributed by atoms with Crippen LogP contribution in [0, 0.1) is 173 Å². The van der Waals surface area contributed by atoms with Crippen molar-refractivity contribution in [2.24, 2.45) is 135 Å². The third-order valence-corrected chi connectivity index (χ3v) is 32.3. The summed E-state index contributed by atoms with van der Waals surface area (Å²) < 4.78 is 0. The quantitative estimate of drug-likeness (QED) is 0.155. The summed E-state index contributed by atoms with van der Waals surface area (Å²) >= 11 is 0. The Morgan fingerprint density at radius 1 is 0.330 bits per heavy atom. The van der Waals surface area contributed by atoms with Crippen LogP contribution in [-0.4, -0.2) is 0 Å². The minimum atomic E-state index is 0. The summed E-state index contributed by atoms with van der Waals surface area (Å²) in [6.07, 6.45) is 37.0. The molecule has 12 bridgehead atoms. The number of hydrogen-bond acceptors (Lipinski definition) is 0. The fourth-order valence-corrected chi connectivity index (χ4v) is 29.7. The van der Waals surface area contributed by atoms with E-state index in [-0.39, 0.29) is 98.1 Å². The first-order chi connectivity index (χ1) is 47.9. The van der Waals surface area contributed by atoms with E-state index in [1.807, 2.05) is 89.2 Å². The van der Waals surface area contributed by atoms with E-state index in [1.54, 1.807) is 61.4 Å². The smallest absolute Gasteiger partial charge is 0 e. The monoisotopic (exact) mass is 1550 g/mol. The van der Waals surface area contributed by atoms with E-state index in [9.17, 15) is 0 Å². The van der Waals surface area contributed by atoms with Crippen molar-refractivity contribution in [2.75, 3.05) is 0 Å².